The third-order valence-corrected chi connectivity index (χ3v) is 6.06. The van der Waals surface area contributed by atoms with Crippen molar-refractivity contribution in [3.05, 3.63) is 41.0 Å². The van der Waals surface area contributed by atoms with Crippen LogP contribution in [0.25, 0.3) is 0 Å². The Labute approximate surface area is 134 Å². The summed E-state index contributed by atoms with van der Waals surface area (Å²) >= 11 is 0. The van der Waals surface area contributed by atoms with Crippen molar-refractivity contribution in [3.63, 3.8) is 0 Å². The number of fused-ring (bicyclic) bond motifs is 4. The Balaban J connectivity index is 2.00. The van der Waals surface area contributed by atoms with Gasteiger partial charge in [0.05, 0.1) is 0 Å². The van der Waals surface area contributed by atoms with Gasteiger partial charge in [0, 0.05) is 12.6 Å². The maximum absolute atomic E-state index is 9.94. The van der Waals surface area contributed by atoms with Crippen molar-refractivity contribution in [1.82, 2.24) is 4.90 Å². The van der Waals surface area contributed by atoms with Gasteiger partial charge < -0.3 is 5.11 Å². The van der Waals surface area contributed by atoms with Gasteiger partial charge >= 0.3 is 0 Å². The van der Waals surface area contributed by atoms with Crippen LogP contribution < -0.4 is 0 Å². The van der Waals surface area contributed by atoms with E-state index in [1.165, 1.54) is 36.1 Å². The highest BCUT2D eigenvalue weighted by atomic mass is 16.3. The molecule has 3 atom stereocenters. The number of phenolic OH excluding ortho intramolecular Hbond substituents is 1. The van der Waals surface area contributed by atoms with Gasteiger partial charge in [-0.05, 0) is 74.2 Å². The van der Waals surface area contributed by atoms with Gasteiger partial charge in [-0.1, -0.05) is 31.6 Å². The Morgan fingerprint density at radius 3 is 2.91 bits per heavy atom. The highest BCUT2D eigenvalue weighted by molar-refractivity contribution is 5.43. The van der Waals surface area contributed by atoms with Crippen LogP contribution in [0.5, 0.6) is 5.75 Å². The van der Waals surface area contributed by atoms with Crippen molar-refractivity contribution in [3.8, 4) is 5.75 Å². The van der Waals surface area contributed by atoms with Crippen LogP contribution in [-0.2, 0) is 11.8 Å². The molecule has 1 aliphatic heterocycles. The molecule has 3 rings (SSSR count). The molecule has 1 aromatic rings. The van der Waals surface area contributed by atoms with Crippen molar-refractivity contribution >= 4 is 0 Å². The third-order valence-electron chi connectivity index (χ3n) is 6.06. The average Bonchev–Trinajstić information content (AvgIpc) is 2.54. The normalized spacial score (nSPS) is 31.3. The molecular formula is C20H29NO. The zero-order valence-electron chi connectivity index (χ0n) is 14.4. The number of likely N-dealkylation sites (tertiary alicyclic amines) is 1. The Kier molecular flexibility index (Phi) is 4.07. The number of hydrogen-bond donors (Lipinski definition) is 1. The fourth-order valence-corrected chi connectivity index (χ4v) is 4.50. The molecule has 0 unspecified atom stereocenters. The number of aromatic hydroxyl groups is 1. The monoisotopic (exact) mass is 299 g/mol. The van der Waals surface area contributed by atoms with Gasteiger partial charge in [0.15, 0.2) is 0 Å². The summed E-state index contributed by atoms with van der Waals surface area (Å²) in [6.07, 6.45) is 5.93. The van der Waals surface area contributed by atoms with E-state index in [1.54, 1.807) is 0 Å². The average molecular weight is 299 g/mol. The molecule has 2 bridgehead atoms. The first-order valence-electron chi connectivity index (χ1n) is 8.61. The van der Waals surface area contributed by atoms with E-state index in [9.17, 15) is 5.11 Å². The zero-order chi connectivity index (χ0) is 15.9. The van der Waals surface area contributed by atoms with E-state index in [0.29, 0.717) is 17.7 Å². The molecule has 1 heterocycles. The first-order valence-corrected chi connectivity index (χ1v) is 8.61. The van der Waals surface area contributed by atoms with Crippen LogP contribution in [0, 0.1) is 5.92 Å². The molecular weight excluding hydrogens is 270 g/mol. The number of rotatable bonds is 2. The van der Waals surface area contributed by atoms with Crippen molar-refractivity contribution in [2.45, 2.75) is 58.4 Å². The van der Waals surface area contributed by atoms with Gasteiger partial charge in [0.2, 0.25) is 0 Å². The molecule has 0 spiro atoms. The van der Waals surface area contributed by atoms with Crippen molar-refractivity contribution in [2.24, 2.45) is 5.92 Å². The maximum atomic E-state index is 9.94. The molecule has 0 aromatic heterocycles. The zero-order valence-corrected chi connectivity index (χ0v) is 14.4. The number of benzene rings is 1. The summed E-state index contributed by atoms with van der Waals surface area (Å²) < 4.78 is 0. The Bertz CT molecular complexity index is 587. The molecule has 2 heteroatoms. The lowest BCUT2D eigenvalue weighted by molar-refractivity contribution is 0.130. The van der Waals surface area contributed by atoms with Crippen molar-refractivity contribution in [2.75, 3.05) is 13.1 Å². The Hall–Kier alpha value is -1.28. The van der Waals surface area contributed by atoms with Gasteiger partial charge in [0.25, 0.3) is 0 Å². The van der Waals surface area contributed by atoms with Crippen LogP contribution >= 0.6 is 0 Å². The fourth-order valence-electron chi connectivity index (χ4n) is 4.50. The third kappa shape index (κ3) is 2.58. The highest BCUT2D eigenvalue weighted by Gasteiger charge is 2.46. The summed E-state index contributed by atoms with van der Waals surface area (Å²) in [7, 11) is 0. The highest BCUT2D eigenvalue weighted by Crippen LogP contribution is 2.48. The van der Waals surface area contributed by atoms with E-state index in [1.807, 2.05) is 12.1 Å². The molecule has 0 saturated carbocycles. The quantitative estimate of drug-likeness (QED) is 0.824. The number of nitrogens with zero attached hydrogens (tertiary/aromatic N) is 1. The van der Waals surface area contributed by atoms with Gasteiger partial charge in [-0.3, -0.25) is 4.90 Å². The lowest BCUT2D eigenvalue weighted by Gasteiger charge is -2.47. The molecule has 22 heavy (non-hydrogen) atoms. The summed E-state index contributed by atoms with van der Waals surface area (Å²) in [6.45, 7) is 11.5. The van der Waals surface area contributed by atoms with Crippen LogP contribution in [0.15, 0.2) is 29.8 Å². The second kappa shape index (κ2) is 5.73. The van der Waals surface area contributed by atoms with E-state index < -0.39 is 0 Å². The predicted molar refractivity (Wildman–Crippen MR) is 92.4 cm³/mol. The largest absolute Gasteiger partial charge is 0.508 e. The van der Waals surface area contributed by atoms with Gasteiger partial charge in [-0.25, -0.2) is 0 Å². The number of hydrogen-bond acceptors (Lipinski definition) is 2. The van der Waals surface area contributed by atoms with Crippen LogP contribution in [0.1, 0.15) is 51.7 Å². The van der Waals surface area contributed by atoms with Crippen LogP contribution in [0.2, 0.25) is 0 Å². The lowest BCUT2D eigenvalue weighted by Crippen LogP contribution is -2.49. The van der Waals surface area contributed by atoms with E-state index in [-0.39, 0.29) is 5.41 Å². The Morgan fingerprint density at radius 2 is 2.18 bits per heavy atom. The van der Waals surface area contributed by atoms with Crippen LogP contribution in [0.4, 0.5) is 0 Å². The summed E-state index contributed by atoms with van der Waals surface area (Å²) in [6, 6.07) is 6.63. The van der Waals surface area contributed by atoms with Gasteiger partial charge in [-0.15, -0.1) is 0 Å². The molecule has 1 fully saturated rings. The SMILES string of the molecule is CC(C)=CCN1CCC[C@]2(C)c3cc(O)ccc3C[C@H]1[C@H]2C. The number of phenols is 1. The molecule has 1 N–H and O–H groups in total. The maximum Gasteiger partial charge on any atom is 0.115 e. The summed E-state index contributed by atoms with van der Waals surface area (Å²) in [4.78, 5) is 2.68. The van der Waals surface area contributed by atoms with E-state index in [2.05, 4.69) is 44.7 Å². The molecule has 2 nitrogen and oxygen atoms in total. The molecule has 1 aliphatic carbocycles. The van der Waals surface area contributed by atoms with E-state index >= 15 is 0 Å². The molecule has 2 aliphatic rings. The minimum Gasteiger partial charge on any atom is -0.508 e. The summed E-state index contributed by atoms with van der Waals surface area (Å²) in [5.74, 6) is 1.03. The fraction of sp³-hybridized carbons (Fsp3) is 0.600. The molecule has 120 valence electrons. The second-order valence-corrected chi connectivity index (χ2v) is 7.70. The van der Waals surface area contributed by atoms with Crippen LogP contribution in [-0.4, -0.2) is 29.1 Å². The first-order chi connectivity index (χ1) is 10.4. The summed E-state index contributed by atoms with van der Waals surface area (Å²) in [5, 5.41) is 9.94. The Morgan fingerprint density at radius 1 is 1.41 bits per heavy atom. The minimum atomic E-state index is 0.191. The van der Waals surface area contributed by atoms with Gasteiger partial charge in [-0.2, -0.15) is 0 Å². The molecule has 1 aromatic carbocycles. The molecule has 0 radical (unpaired) electrons. The molecule has 0 amide bonds. The standard InChI is InChI=1S/C20H29NO/c1-14(2)8-11-21-10-5-9-20(4)15(3)19(21)12-16-6-7-17(22)13-18(16)20/h6-8,13,15,19,22H,5,9-12H2,1-4H3/t15-,19+,20+/m1/s1. The van der Waals surface area contributed by atoms with Crippen LogP contribution in [0.3, 0.4) is 0 Å². The number of allylic oxidation sites excluding steroid dienone is 1. The lowest BCUT2D eigenvalue weighted by atomic mass is 9.61. The van der Waals surface area contributed by atoms with Crippen molar-refractivity contribution in [1.29, 1.82) is 0 Å². The van der Waals surface area contributed by atoms with E-state index in [4.69, 9.17) is 0 Å². The molecule has 1 saturated heterocycles. The first kappa shape index (κ1) is 15.6. The smallest absolute Gasteiger partial charge is 0.115 e. The predicted octanol–water partition coefficient (Wildman–Crippen LogP) is 4.27. The minimum absolute atomic E-state index is 0.191. The topological polar surface area (TPSA) is 23.5 Å². The van der Waals surface area contributed by atoms with Crippen molar-refractivity contribution < 1.29 is 5.11 Å². The second-order valence-electron chi connectivity index (χ2n) is 7.70. The van der Waals surface area contributed by atoms with Gasteiger partial charge in [0.1, 0.15) is 5.75 Å². The summed E-state index contributed by atoms with van der Waals surface area (Å²) in [5.41, 5.74) is 4.42. The van der Waals surface area contributed by atoms with E-state index in [0.717, 1.165) is 13.0 Å².